The molecule has 1 aliphatic heterocycles. The lowest BCUT2D eigenvalue weighted by Gasteiger charge is -2.33. The van der Waals surface area contributed by atoms with Gasteiger partial charge in [0.15, 0.2) is 0 Å². The van der Waals surface area contributed by atoms with Crippen LogP contribution in [0.3, 0.4) is 0 Å². The van der Waals surface area contributed by atoms with Gasteiger partial charge in [0.1, 0.15) is 0 Å². The van der Waals surface area contributed by atoms with E-state index in [0.29, 0.717) is 0 Å². The number of rotatable bonds is 3. The van der Waals surface area contributed by atoms with Gasteiger partial charge < -0.3 is 4.90 Å². The smallest absolute Gasteiger partial charge is 0.253 e. The number of piperidine rings is 1. The van der Waals surface area contributed by atoms with Crippen LogP contribution < -0.4 is 0 Å². The van der Waals surface area contributed by atoms with Crippen molar-refractivity contribution >= 4 is 5.91 Å². The Hall–Kier alpha value is -1.31. The van der Waals surface area contributed by atoms with E-state index in [1.54, 1.807) is 0 Å². The molecule has 1 heterocycles. The molecule has 3 rings (SSSR count). The fraction of sp³-hybridized carbons (Fsp3) is 0.632. The molecule has 0 radical (unpaired) electrons. The second-order valence-electron chi connectivity index (χ2n) is 7.20. The first-order chi connectivity index (χ1) is 10.1. The van der Waals surface area contributed by atoms with Gasteiger partial charge in [0, 0.05) is 18.7 Å². The van der Waals surface area contributed by atoms with Gasteiger partial charge in [-0.1, -0.05) is 19.9 Å². The van der Waals surface area contributed by atoms with Crippen LogP contribution in [0.15, 0.2) is 18.2 Å². The molecule has 1 amide bonds. The number of fused-ring (bicyclic) bond motifs is 1. The molecule has 0 unspecified atom stereocenters. The summed E-state index contributed by atoms with van der Waals surface area (Å²) in [4.78, 5) is 14.7. The summed E-state index contributed by atoms with van der Waals surface area (Å²) in [6.07, 6.45) is 7.23. The zero-order valence-electron chi connectivity index (χ0n) is 13.4. The highest BCUT2D eigenvalue weighted by Crippen LogP contribution is 2.27. The lowest BCUT2D eigenvalue weighted by molar-refractivity contribution is 0.0681. The summed E-state index contributed by atoms with van der Waals surface area (Å²) >= 11 is 0. The Balaban J connectivity index is 1.61. The van der Waals surface area contributed by atoms with Crippen molar-refractivity contribution in [1.29, 1.82) is 0 Å². The third-order valence-corrected chi connectivity index (χ3v) is 5.05. The number of likely N-dealkylation sites (tertiary alicyclic amines) is 1. The summed E-state index contributed by atoms with van der Waals surface area (Å²) < 4.78 is 0. The minimum atomic E-state index is 0.243. The number of hydrogen-bond donors (Lipinski definition) is 0. The maximum absolute atomic E-state index is 12.7. The van der Waals surface area contributed by atoms with E-state index in [4.69, 9.17) is 0 Å². The number of carbonyl (C=O) groups is 1. The first kappa shape index (κ1) is 14.6. The van der Waals surface area contributed by atoms with Gasteiger partial charge in [0.2, 0.25) is 0 Å². The standard InChI is InChI=1S/C19H27NO/c1-14(2)12-15-8-10-20(11-9-15)19(21)18-7-6-16-4-3-5-17(16)13-18/h6-7,13-15H,3-5,8-12H2,1-2H3. The number of carbonyl (C=O) groups excluding carboxylic acids is 1. The van der Waals surface area contributed by atoms with Crippen molar-refractivity contribution < 1.29 is 4.79 Å². The number of benzene rings is 1. The van der Waals surface area contributed by atoms with Gasteiger partial charge >= 0.3 is 0 Å². The second kappa shape index (κ2) is 6.21. The molecule has 21 heavy (non-hydrogen) atoms. The second-order valence-corrected chi connectivity index (χ2v) is 7.20. The average Bonchev–Trinajstić information content (AvgIpc) is 2.94. The van der Waals surface area contributed by atoms with Gasteiger partial charge in [-0.25, -0.2) is 0 Å². The zero-order valence-corrected chi connectivity index (χ0v) is 13.4. The maximum Gasteiger partial charge on any atom is 0.253 e. The van der Waals surface area contributed by atoms with Gasteiger partial charge in [-0.05, 0) is 73.6 Å². The van der Waals surface area contributed by atoms with Crippen molar-refractivity contribution in [2.75, 3.05) is 13.1 Å². The predicted molar refractivity (Wildman–Crippen MR) is 86.5 cm³/mol. The van der Waals surface area contributed by atoms with Crippen LogP contribution in [0.4, 0.5) is 0 Å². The molecule has 0 saturated carbocycles. The van der Waals surface area contributed by atoms with E-state index in [2.05, 4.69) is 30.9 Å². The van der Waals surface area contributed by atoms with Crippen molar-refractivity contribution in [1.82, 2.24) is 4.90 Å². The first-order valence-electron chi connectivity index (χ1n) is 8.54. The third kappa shape index (κ3) is 3.30. The van der Waals surface area contributed by atoms with Crippen LogP contribution in [0.25, 0.3) is 0 Å². The molecule has 0 N–H and O–H groups in total. The summed E-state index contributed by atoms with van der Waals surface area (Å²) in [6, 6.07) is 6.35. The fourth-order valence-corrected chi connectivity index (χ4v) is 3.93. The molecular weight excluding hydrogens is 258 g/mol. The molecule has 1 aromatic carbocycles. The van der Waals surface area contributed by atoms with E-state index in [1.807, 2.05) is 6.07 Å². The Morgan fingerprint density at radius 1 is 1.19 bits per heavy atom. The van der Waals surface area contributed by atoms with Crippen molar-refractivity contribution in [3.05, 3.63) is 34.9 Å². The Kier molecular flexibility index (Phi) is 4.32. The van der Waals surface area contributed by atoms with Gasteiger partial charge in [0.05, 0.1) is 0 Å². The molecule has 2 aliphatic rings. The minimum Gasteiger partial charge on any atom is -0.339 e. The van der Waals surface area contributed by atoms with Crippen LogP contribution in [-0.4, -0.2) is 23.9 Å². The van der Waals surface area contributed by atoms with E-state index in [0.717, 1.165) is 36.9 Å². The molecule has 1 aliphatic carbocycles. The van der Waals surface area contributed by atoms with Gasteiger partial charge in [-0.3, -0.25) is 4.79 Å². The molecule has 1 fully saturated rings. The van der Waals surface area contributed by atoms with E-state index >= 15 is 0 Å². The van der Waals surface area contributed by atoms with Gasteiger partial charge in [-0.15, -0.1) is 0 Å². The number of hydrogen-bond acceptors (Lipinski definition) is 1. The van der Waals surface area contributed by atoms with E-state index in [-0.39, 0.29) is 5.91 Å². The molecular formula is C19H27NO. The molecule has 0 aromatic heterocycles. The van der Waals surface area contributed by atoms with E-state index in [9.17, 15) is 4.79 Å². The maximum atomic E-state index is 12.7. The fourth-order valence-electron chi connectivity index (χ4n) is 3.93. The van der Waals surface area contributed by atoms with Crippen LogP contribution in [0.2, 0.25) is 0 Å². The van der Waals surface area contributed by atoms with Crippen LogP contribution >= 0.6 is 0 Å². The highest BCUT2D eigenvalue weighted by Gasteiger charge is 2.24. The lowest BCUT2D eigenvalue weighted by atomic mass is 9.88. The lowest BCUT2D eigenvalue weighted by Crippen LogP contribution is -2.38. The molecule has 1 aromatic rings. The molecule has 114 valence electrons. The van der Waals surface area contributed by atoms with Crippen LogP contribution in [-0.2, 0) is 12.8 Å². The van der Waals surface area contributed by atoms with Crippen molar-refractivity contribution in [3.8, 4) is 0 Å². The zero-order chi connectivity index (χ0) is 14.8. The van der Waals surface area contributed by atoms with Gasteiger partial charge in [0.25, 0.3) is 5.91 Å². The summed E-state index contributed by atoms with van der Waals surface area (Å²) in [5.74, 6) is 1.83. The first-order valence-corrected chi connectivity index (χ1v) is 8.54. The molecule has 2 nitrogen and oxygen atoms in total. The van der Waals surface area contributed by atoms with Crippen LogP contribution in [0, 0.1) is 11.8 Å². The monoisotopic (exact) mass is 285 g/mol. The highest BCUT2D eigenvalue weighted by molar-refractivity contribution is 5.94. The normalized spacial score (nSPS) is 19.1. The molecule has 0 spiro atoms. The van der Waals surface area contributed by atoms with E-state index in [1.165, 1.54) is 43.2 Å². The summed E-state index contributed by atoms with van der Waals surface area (Å²) in [7, 11) is 0. The summed E-state index contributed by atoms with van der Waals surface area (Å²) in [5, 5.41) is 0. The minimum absolute atomic E-state index is 0.243. The van der Waals surface area contributed by atoms with Crippen molar-refractivity contribution in [2.45, 2.75) is 52.4 Å². The largest absolute Gasteiger partial charge is 0.339 e. The van der Waals surface area contributed by atoms with Crippen molar-refractivity contribution in [3.63, 3.8) is 0 Å². The molecule has 0 bridgehead atoms. The molecule has 0 atom stereocenters. The van der Waals surface area contributed by atoms with E-state index < -0.39 is 0 Å². The SMILES string of the molecule is CC(C)CC1CCN(C(=O)c2ccc3c(c2)CCC3)CC1. The number of amides is 1. The van der Waals surface area contributed by atoms with Gasteiger partial charge in [-0.2, -0.15) is 0 Å². The summed E-state index contributed by atoms with van der Waals surface area (Å²) in [5.41, 5.74) is 3.75. The Labute approximate surface area is 128 Å². The Morgan fingerprint density at radius 2 is 1.90 bits per heavy atom. The third-order valence-electron chi connectivity index (χ3n) is 5.05. The highest BCUT2D eigenvalue weighted by atomic mass is 16.2. The van der Waals surface area contributed by atoms with Crippen LogP contribution in [0.1, 0.15) is 61.0 Å². The Bertz CT molecular complexity index is 512. The quantitative estimate of drug-likeness (QED) is 0.819. The summed E-state index contributed by atoms with van der Waals surface area (Å²) in [6.45, 7) is 6.46. The number of aryl methyl sites for hydroxylation is 2. The molecule has 1 saturated heterocycles. The van der Waals surface area contributed by atoms with Crippen molar-refractivity contribution in [2.24, 2.45) is 11.8 Å². The predicted octanol–water partition coefficient (Wildman–Crippen LogP) is 4.07. The topological polar surface area (TPSA) is 20.3 Å². The average molecular weight is 285 g/mol. The van der Waals surface area contributed by atoms with Crippen LogP contribution in [0.5, 0.6) is 0 Å². The Morgan fingerprint density at radius 3 is 2.62 bits per heavy atom. The number of nitrogens with zero attached hydrogens (tertiary/aromatic N) is 1. The molecule has 2 heteroatoms.